The summed E-state index contributed by atoms with van der Waals surface area (Å²) in [7, 11) is 0. The summed E-state index contributed by atoms with van der Waals surface area (Å²) in [5.74, 6) is -8.96. The lowest BCUT2D eigenvalue weighted by Crippen LogP contribution is -2.60. The molecular weight excluding hydrogens is 1100 g/mol. The molecule has 456 valence electrons. The smallest absolute Gasteiger partial charge is 0.267 e. The Labute approximate surface area is 489 Å². The van der Waals surface area contributed by atoms with Crippen molar-refractivity contribution in [3.8, 4) is 0 Å². The number of para-hydroxylation sites is 1. The largest absolute Gasteiger partial charge is 0.394 e. The Balaban J connectivity index is 1.17. The quantitative estimate of drug-likeness (QED) is 0.0100. The van der Waals surface area contributed by atoms with Gasteiger partial charge in [-0.1, -0.05) is 69.0 Å². The molecule has 0 unspecified atom stereocenters. The van der Waals surface area contributed by atoms with Crippen molar-refractivity contribution < 1.29 is 57.8 Å². The lowest BCUT2D eigenvalue weighted by atomic mass is 10.0. The summed E-state index contributed by atoms with van der Waals surface area (Å²) < 4.78 is 0. The van der Waals surface area contributed by atoms with E-state index in [0.717, 1.165) is 0 Å². The number of aromatic nitrogens is 3. The van der Waals surface area contributed by atoms with Gasteiger partial charge in [-0.15, -0.1) is 0 Å². The van der Waals surface area contributed by atoms with Gasteiger partial charge < -0.3 is 85.0 Å². The van der Waals surface area contributed by atoms with Crippen molar-refractivity contribution in [2.75, 3.05) is 26.2 Å². The van der Waals surface area contributed by atoms with E-state index in [-0.39, 0.29) is 88.7 Å². The van der Waals surface area contributed by atoms with Crippen molar-refractivity contribution >= 4 is 81.8 Å². The van der Waals surface area contributed by atoms with Crippen LogP contribution in [0.25, 0.3) is 10.9 Å². The molecule has 85 heavy (non-hydrogen) atoms. The molecule has 18 N–H and O–H groups in total. The number of fused-ring (bicyclic) bond motifs is 1. The van der Waals surface area contributed by atoms with Crippen molar-refractivity contribution in [3.63, 3.8) is 0 Å². The number of amides is 11. The predicted molar refractivity (Wildman–Crippen MR) is 308 cm³/mol. The number of imidazole rings is 1. The van der Waals surface area contributed by atoms with Crippen LogP contribution in [0.1, 0.15) is 75.6 Å². The first-order valence-electron chi connectivity index (χ1n) is 27.8. The SMILES string of the molecule is C=C(NC(=O)[C@H](Cc1ccccc1)NC(=O)[C@H](CO)NC(=O)[C@H](Cc1c[nH]c2ccccc12)NC(=O)[C@H](Cc1cnc[nH]1)NC(=O)[C@@H]1CCC(=O)N1)C(=O)N[C@@H](CC(C)C)C(=O)N[C@@H](CCCN=C(N)N)C(=O)N1CCC[C@H]1C(=O)NCC(N)=O. The van der Waals surface area contributed by atoms with E-state index < -0.39 is 126 Å². The summed E-state index contributed by atoms with van der Waals surface area (Å²) in [6, 6.07) is 5.18. The molecule has 8 atom stereocenters. The molecule has 4 heterocycles. The maximum absolute atomic E-state index is 14.5. The number of H-pyrrole nitrogens is 2. The minimum absolute atomic E-state index is 0.00871. The molecule has 2 aliphatic rings. The maximum Gasteiger partial charge on any atom is 0.267 e. The molecule has 2 saturated heterocycles. The Bertz CT molecular complexity index is 3090. The number of likely N-dealkylation sites (tertiary alicyclic amines) is 1. The van der Waals surface area contributed by atoms with Crippen LogP contribution < -0.4 is 65.1 Å². The third-order valence-electron chi connectivity index (χ3n) is 14.1. The van der Waals surface area contributed by atoms with Gasteiger partial charge >= 0.3 is 0 Å². The van der Waals surface area contributed by atoms with Gasteiger partial charge in [-0.25, -0.2) is 4.98 Å². The van der Waals surface area contributed by atoms with Crippen molar-refractivity contribution in [2.45, 2.75) is 126 Å². The fourth-order valence-electron chi connectivity index (χ4n) is 9.78. The first-order chi connectivity index (χ1) is 40.6. The van der Waals surface area contributed by atoms with E-state index in [1.54, 1.807) is 74.6 Å². The number of guanidine groups is 1. The summed E-state index contributed by atoms with van der Waals surface area (Å²) in [5, 5.41) is 34.5. The van der Waals surface area contributed by atoms with Crippen LogP contribution in [0.2, 0.25) is 0 Å². The number of rotatable bonds is 31. The second-order valence-electron chi connectivity index (χ2n) is 21.1. The van der Waals surface area contributed by atoms with Gasteiger partial charge in [0, 0.05) is 67.8 Å². The third-order valence-corrected chi connectivity index (χ3v) is 14.1. The normalized spacial score (nSPS) is 16.7. The van der Waals surface area contributed by atoms with Gasteiger partial charge in [0.15, 0.2) is 5.96 Å². The van der Waals surface area contributed by atoms with Gasteiger partial charge in [0.25, 0.3) is 5.91 Å². The van der Waals surface area contributed by atoms with Gasteiger partial charge in [0.05, 0.1) is 25.2 Å². The van der Waals surface area contributed by atoms with E-state index in [0.29, 0.717) is 34.1 Å². The summed E-state index contributed by atoms with van der Waals surface area (Å²) in [6.07, 6.45) is 5.31. The fourth-order valence-corrected chi connectivity index (χ4v) is 9.78. The Kier molecular flexibility index (Phi) is 23.6. The summed E-state index contributed by atoms with van der Waals surface area (Å²) in [4.78, 5) is 164. The van der Waals surface area contributed by atoms with Gasteiger partial charge in [-0.3, -0.25) is 57.7 Å². The number of benzene rings is 2. The van der Waals surface area contributed by atoms with Crippen LogP contribution in [0.4, 0.5) is 0 Å². The Hall–Kier alpha value is -9.67. The van der Waals surface area contributed by atoms with Crippen LogP contribution in [0.5, 0.6) is 0 Å². The van der Waals surface area contributed by atoms with Crippen LogP contribution in [0.15, 0.2) is 90.6 Å². The van der Waals surface area contributed by atoms with Crippen LogP contribution >= 0.6 is 0 Å². The monoisotopic (exact) mass is 1180 g/mol. The van der Waals surface area contributed by atoms with Crippen molar-refractivity contribution in [3.05, 3.63) is 102 Å². The number of aliphatic imine (C=N–C) groups is 1. The minimum Gasteiger partial charge on any atom is -0.394 e. The van der Waals surface area contributed by atoms with Gasteiger partial charge in [0.2, 0.25) is 59.1 Å². The number of aliphatic hydroxyl groups excluding tert-OH is 1. The number of nitrogens with one attached hydrogen (secondary N) is 11. The Morgan fingerprint density at radius 1 is 0.753 bits per heavy atom. The predicted octanol–water partition coefficient (Wildman–Crippen LogP) is -3.58. The van der Waals surface area contributed by atoms with E-state index in [4.69, 9.17) is 17.2 Å². The summed E-state index contributed by atoms with van der Waals surface area (Å²) >= 11 is 0. The number of aliphatic hydroxyl groups is 1. The maximum atomic E-state index is 14.5. The highest BCUT2D eigenvalue weighted by molar-refractivity contribution is 6.02. The molecule has 0 spiro atoms. The Morgan fingerprint density at radius 3 is 2.05 bits per heavy atom. The molecule has 0 radical (unpaired) electrons. The molecule has 2 aliphatic heterocycles. The van der Waals surface area contributed by atoms with Crippen molar-refractivity contribution in [2.24, 2.45) is 28.1 Å². The number of carbonyl (C=O) groups excluding carboxylic acids is 11. The number of nitrogens with two attached hydrogens (primary N) is 3. The van der Waals surface area contributed by atoms with E-state index >= 15 is 0 Å². The third kappa shape index (κ3) is 19.2. The second-order valence-corrected chi connectivity index (χ2v) is 21.1. The van der Waals surface area contributed by atoms with Crippen molar-refractivity contribution in [1.82, 2.24) is 67.7 Å². The zero-order chi connectivity index (χ0) is 61.7. The van der Waals surface area contributed by atoms with Gasteiger partial charge in [-0.05, 0) is 61.6 Å². The average Bonchev–Trinajstić information content (AvgIpc) is 4.28. The minimum atomic E-state index is -1.74. The first-order valence-corrected chi connectivity index (χ1v) is 27.8. The average molecular weight is 1180 g/mol. The van der Waals surface area contributed by atoms with E-state index in [9.17, 15) is 57.8 Å². The first kappa shape index (κ1) is 64.5. The molecule has 11 amide bonds. The van der Waals surface area contributed by atoms with Gasteiger partial charge in [0.1, 0.15) is 48.3 Å². The number of hydrogen-bond acceptors (Lipinski definition) is 14. The lowest BCUT2D eigenvalue weighted by molar-refractivity contribution is -0.142. The molecule has 0 saturated carbocycles. The zero-order valence-corrected chi connectivity index (χ0v) is 47.2. The summed E-state index contributed by atoms with van der Waals surface area (Å²) in [5.41, 5.74) is 18.0. The summed E-state index contributed by atoms with van der Waals surface area (Å²) in [6.45, 7) is 6.10. The van der Waals surface area contributed by atoms with E-state index in [1.165, 1.54) is 17.4 Å². The molecule has 0 aliphatic carbocycles. The Morgan fingerprint density at radius 2 is 1.40 bits per heavy atom. The highest BCUT2D eigenvalue weighted by atomic mass is 16.3. The molecule has 0 bridgehead atoms. The number of hydrogen-bond donors (Lipinski definition) is 15. The topological polar surface area (TPSA) is 454 Å². The highest BCUT2D eigenvalue weighted by Gasteiger charge is 2.39. The zero-order valence-electron chi connectivity index (χ0n) is 47.2. The number of nitrogens with zero attached hydrogens (tertiary/aromatic N) is 3. The fraction of sp³-hybridized carbons (Fsp3) is 0.446. The van der Waals surface area contributed by atoms with E-state index in [2.05, 4.69) is 74.4 Å². The second kappa shape index (κ2) is 31.1. The van der Waals surface area contributed by atoms with Crippen LogP contribution in [0.3, 0.4) is 0 Å². The van der Waals surface area contributed by atoms with Crippen LogP contribution in [-0.4, -0.2) is 170 Å². The molecule has 2 aromatic heterocycles. The lowest BCUT2D eigenvalue weighted by Gasteiger charge is -2.30. The number of primary amides is 1. The molecule has 2 aromatic carbocycles. The highest BCUT2D eigenvalue weighted by Crippen LogP contribution is 2.22. The molecule has 29 heteroatoms. The van der Waals surface area contributed by atoms with E-state index in [1.807, 2.05) is 0 Å². The van der Waals surface area contributed by atoms with Crippen LogP contribution in [-0.2, 0) is 72.0 Å². The van der Waals surface area contributed by atoms with Crippen LogP contribution in [0, 0.1) is 5.92 Å². The van der Waals surface area contributed by atoms with Crippen molar-refractivity contribution in [1.29, 1.82) is 0 Å². The molecule has 29 nitrogen and oxygen atoms in total. The number of carbonyl (C=O) groups is 11. The molecule has 6 rings (SSSR count). The van der Waals surface area contributed by atoms with Gasteiger partial charge in [-0.2, -0.15) is 0 Å². The molecule has 2 fully saturated rings. The molecular formula is C56H75N17O12. The number of aromatic amines is 2. The standard InChI is InChI=1S/C56H75N17O12/c1-30(2)21-39(50(80)67-38(15-9-19-61-56(58)59)55(85)73-20-10-16-44(73)54(84)63-27-45(57)75)68-47(77)31(3)65-49(79)40(22-32-11-5-4-6-12-32)69-53(83)43(28-74)72-51(81)41(23-33-25-62-36-14-8-7-13-35(33)36)70-52(82)42(24-34-26-60-29-64-34)71-48(78)37-17-18-46(76)66-37/h4-8,11-14,25-26,29-30,37-44,62,74H,3,9-10,15-24,27-28H2,1-2H3,(H2,57,75)(H,60,64)(H,63,84)(H,65,79)(H,66,76)(H,67,80)(H,68,77)(H,69,83)(H,70,82)(H,71,78)(H,72,81)(H4,58,59,61)/t37-,38-,39-,40-,41-,42-,43-,44-/m0/s1. The molecule has 4 aromatic rings.